The lowest BCUT2D eigenvalue weighted by molar-refractivity contribution is -0.0191. The first kappa shape index (κ1) is 18.5. The molecule has 9 nitrogen and oxygen atoms in total. The molecule has 0 spiro atoms. The number of aryl methyl sites for hydroxylation is 1. The lowest BCUT2D eigenvalue weighted by Gasteiger charge is -2.24. The van der Waals surface area contributed by atoms with Gasteiger partial charge in [-0.2, -0.15) is 0 Å². The summed E-state index contributed by atoms with van der Waals surface area (Å²) in [6.45, 7) is 0. The largest absolute Gasteiger partial charge is 0.390 e. The van der Waals surface area contributed by atoms with E-state index in [0.717, 1.165) is 41.2 Å². The van der Waals surface area contributed by atoms with Crippen molar-refractivity contribution >= 4 is 33.7 Å². The van der Waals surface area contributed by atoms with E-state index in [4.69, 9.17) is 11.5 Å². The number of fused-ring (bicyclic) bond motifs is 3. The van der Waals surface area contributed by atoms with Gasteiger partial charge < -0.3 is 26.2 Å². The third-order valence-electron chi connectivity index (χ3n) is 7.22. The van der Waals surface area contributed by atoms with Crippen molar-refractivity contribution in [2.24, 2.45) is 11.3 Å². The fourth-order valence-electron chi connectivity index (χ4n) is 5.55. The van der Waals surface area contributed by atoms with Gasteiger partial charge in [0, 0.05) is 11.6 Å². The monoisotopic (exact) mass is 417 g/mol. The first-order chi connectivity index (χ1) is 15.0. The molecule has 2 fully saturated rings. The topological polar surface area (TPSA) is 149 Å². The van der Waals surface area contributed by atoms with Gasteiger partial charge in [0.05, 0.1) is 34.8 Å². The average Bonchev–Trinajstić information content (AvgIpc) is 3.25. The van der Waals surface area contributed by atoms with Gasteiger partial charge in [0.25, 0.3) is 0 Å². The Bertz CT molecular complexity index is 1320. The SMILES string of the molecule is Nc1cnc2ccc(CC[C@]34C[C@@H]3[C@@H](n3ccc5c(N)ncnc53)[C@H](O)[C@@H]4O)cc2n1. The number of aliphatic hydroxyl groups excluding tert-OH is 2. The van der Waals surface area contributed by atoms with Crippen molar-refractivity contribution in [2.75, 3.05) is 11.5 Å². The molecule has 3 heterocycles. The van der Waals surface area contributed by atoms with Crippen LogP contribution in [0.5, 0.6) is 0 Å². The van der Waals surface area contributed by atoms with E-state index in [9.17, 15) is 10.2 Å². The van der Waals surface area contributed by atoms with E-state index in [1.54, 1.807) is 6.20 Å². The van der Waals surface area contributed by atoms with E-state index in [-0.39, 0.29) is 17.4 Å². The van der Waals surface area contributed by atoms with E-state index in [0.29, 0.717) is 17.3 Å². The Labute approximate surface area is 177 Å². The molecule has 0 aliphatic heterocycles. The minimum atomic E-state index is -0.854. The highest BCUT2D eigenvalue weighted by Gasteiger charge is 2.70. The van der Waals surface area contributed by atoms with Gasteiger partial charge in [-0.25, -0.2) is 15.0 Å². The summed E-state index contributed by atoms with van der Waals surface area (Å²) in [5.41, 5.74) is 14.8. The maximum absolute atomic E-state index is 11.0. The Hall–Kier alpha value is -3.30. The lowest BCUT2D eigenvalue weighted by Crippen LogP contribution is -2.34. The second kappa shape index (κ2) is 6.35. The van der Waals surface area contributed by atoms with Crippen molar-refractivity contribution in [3.63, 3.8) is 0 Å². The average molecular weight is 417 g/mol. The Morgan fingerprint density at radius 3 is 2.84 bits per heavy atom. The Morgan fingerprint density at radius 2 is 1.97 bits per heavy atom. The minimum absolute atomic E-state index is 0.181. The molecule has 0 radical (unpaired) electrons. The van der Waals surface area contributed by atoms with E-state index in [2.05, 4.69) is 19.9 Å². The summed E-state index contributed by atoms with van der Waals surface area (Å²) < 4.78 is 1.95. The summed E-state index contributed by atoms with van der Waals surface area (Å²) >= 11 is 0. The highest BCUT2D eigenvalue weighted by Crippen LogP contribution is 2.69. The van der Waals surface area contributed by atoms with Gasteiger partial charge in [0.1, 0.15) is 29.7 Å². The zero-order chi connectivity index (χ0) is 21.3. The van der Waals surface area contributed by atoms with Crippen LogP contribution in [0.3, 0.4) is 0 Å². The second-order valence-electron chi connectivity index (χ2n) is 8.81. The molecule has 2 aliphatic carbocycles. The third kappa shape index (κ3) is 2.63. The highest BCUT2D eigenvalue weighted by atomic mass is 16.3. The number of aromatic nitrogens is 5. The van der Waals surface area contributed by atoms with E-state index < -0.39 is 12.2 Å². The van der Waals surface area contributed by atoms with Crippen molar-refractivity contribution in [3.8, 4) is 0 Å². The van der Waals surface area contributed by atoms with Gasteiger partial charge in [0.2, 0.25) is 0 Å². The zero-order valence-corrected chi connectivity index (χ0v) is 16.8. The number of hydrogen-bond acceptors (Lipinski definition) is 8. The van der Waals surface area contributed by atoms with Crippen LogP contribution in [-0.4, -0.2) is 46.9 Å². The van der Waals surface area contributed by atoms with Crippen LogP contribution in [0.2, 0.25) is 0 Å². The molecule has 9 heteroatoms. The molecule has 0 unspecified atom stereocenters. The van der Waals surface area contributed by atoms with Crippen LogP contribution in [0.15, 0.2) is 43.0 Å². The van der Waals surface area contributed by atoms with Crippen LogP contribution in [0.1, 0.15) is 24.4 Å². The minimum Gasteiger partial charge on any atom is -0.390 e. The standard InChI is InChI=1S/C22H23N7O2/c23-16-9-25-14-2-1-11(7-15(14)28-16)3-5-22-8-13(22)17(18(30)19(22)31)29-6-4-12-20(24)26-10-27-21(12)29/h1-2,4,6-7,9-10,13,17-19,30-31H,3,5,8H2,(H2,23,28)(H2,24,26,27)/t13-,17-,18+,19+,22+/m1/s1. The molecular weight excluding hydrogens is 394 g/mol. The van der Waals surface area contributed by atoms with Crippen molar-refractivity contribution in [1.82, 2.24) is 24.5 Å². The van der Waals surface area contributed by atoms with Crippen LogP contribution in [-0.2, 0) is 6.42 Å². The predicted molar refractivity (Wildman–Crippen MR) is 116 cm³/mol. The summed E-state index contributed by atoms with van der Waals surface area (Å²) in [6, 6.07) is 7.62. The van der Waals surface area contributed by atoms with E-state index >= 15 is 0 Å². The van der Waals surface area contributed by atoms with Crippen molar-refractivity contribution in [1.29, 1.82) is 0 Å². The normalized spacial score (nSPS) is 29.5. The molecule has 4 aromatic rings. The molecule has 6 rings (SSSR count). The van der Waals surface area contributed by atoms with Gasteiger partial charge in [-0.3, -0.25) is 4.98 Å². The summed E-state index contributed by atoms with van der Waals surface area (Å²) in [4.78, 5) is 17.0. The molecule has 3 aromatic heterocycles. The fraction of sp³-hybridized carbons (Fsp3) is 0.364. The van der Waals surface area contributed by atoms with Gasteiger partial charge in [-0.15, -0.1) is 0 Å². The third-order valence-corrected chi connectivity index (χ3v) is 7.22. The van der Waals surface area contributed by atoms with Crippen molar-refractivity contribution < 1.29 is 10.2 Å². The van der Waals surface area contributed by atoms with E-state index in [1.165, 1.54) is 6.33 Å². The molecule has 0 amide bonds. The molecule has 31 heavy (non-hydrogen) atoms. The number of nitrogens with two attached hydrogens (primary N) is 2. The predicted octanol–water partition coefficient (Wildman–Crippen LogP) is 1.45. The number of hydrogen-bond donors (Lipinski definition) is 4. The smallest absolute Gasteiger partial charge is 0.145 e. The molecule has 2 saturated carbocycles. The summed E-state index contributed by atoms with van der Waals surface area (Å²) in [6.07, 6.45) is 5.66. The van der Waals surface area contributed by atoms with Gasteiger partial charge >= 0.3 is 0 Å². The summed E-state index contributed by atoms with van der Waals surface area (Å²) in [5.74, 6) is 0.991. The first-order valence-electron chi connectivity index (χ1n) is 10.4. The lowest BCUT2D eigenvalue weighted by atomic mass is 9.91. The maximum atomic E-state index is 11.0. The molecular formula is C22H23N7O2. The van der Waals surface area contributed by atoms with Gasteiger partial charge in [-0.1, -0.05) is 6.07 Å². The van der Waals surface area contributed by atoms with Crippen molar-refractivity contribution in [3.05, 3.63) is 48.5 Å². The van der Waals surface area contributed by atoms with Crippen LogP contribution in [0.4, 0.5) is 11.6 Å². The number of benzene rings is 1. The van der Waals surface area contributed by atoms with Crippen LogP contribution in [0.25, 0.3) is 22.1 Å². The number of rotatable bonds is 4. The Balaban J connectivity index is 1.27. The zero-order valence-electron chi connectivity index (χ0n) is 16.8. The molecule has 1 aromatic carbocycles. The van der Waals surface area contributed by atoms with Crippen LogP contribution in [0, 0.1) is 11.3 Å². The number of aliphatic hydroxyl groups is 2. The quantitative estimate of drug-likeness (QED) is 0.390. The fourth-order valence-corrected chi connectivity index (χ4v) is 5.55. The van der Waals surface area contributed by atoms with Gasteiger partial charge in [0.15, 0.2) is 0 Å². The van der Waals surface area contributed by atoms with Crippen LogP contribution >= 0.6 is 0 Å². The summed E-state index contributed by atoms with van der Waals surface area (Å²) in [7, 11) is 0. The Morgan fingerprint density at radius 1 is 1.10 bits per heavy atom. The van der Waals surface area contributed by atoms with Gasteiger partial charge in [-0.05, 0) is 48.9 Å². The molecule has 0 bridgehead atoms. The first-order valence-corrected chi connectivity index (χ1v) is 10.4. The van der Waals surface area contributed by atoms with Crippen molar-refractivity contribution in [2.45, 2.75) is 37.5 Å². The molecule has 2 aliphatic rings. The van der Waals surface area contributed by atoms with E-state index in [1.807, 2.05) is 35.0 Å². The number of anilines is 2. The molecule has 6 N–H and O–H groups in total. The second-order valence-corrected chi connectivity index (χ2v) is 8.81. The Kier molecular flexibility index (Phi) is 3.78. The highest BCUT2D eigenvalue weighted by molar-refractivity contribution is 5.86. The number of nitrogens with zero attached hydrogens (tertiary/aromatic N) is 5. The van der Waals surface area contributed by atoms with Crippen LogP contribution < -0.4 is 11.5 Å². The summed E-state index contributed by atoms with van der Waals surface area (Å²) in [5, 5.41) is 22.7. The molecule has 5 atom stereocenters. The number of nitrogen functional groups attached to an aromatic ring is 2. The maximum Gasteiger partial charge on any atom is 0.145 e. The molecule has 158 valence electrons. The molecule has 0 saturated heterocycles.